The summed E-state index contributed by atoms with van der Waals surface area (Å²) in [5.41, 5.74) is 4.69. The van der Waals surface area contributed by atoms with Crippen molar-refractivity contribution in [3.05, 3.63) is 71.4 Å². The number of amides is 1. The lowest BCUT2D eigenvalue weighted by Crippen LogP contribution is -2.28. The molecule has 4 aromatic rings. The van der Waals surface area contributed by atoms with Crippen molar-refractivity contribution in [2.24, 2.45) is 0 Å². The highest BCUT2D eigenvalue weighted by molar-refractivity contribution is 6.01. The van der Waals surface area contributed by atoms with Gasteiger partial charge in [-0.15, -0.1) is 8.78 Å². The fourth-order valence-corrected chi connectivity index (χ4v) is 4.57. The zero-order chi connectivity index (χ0) is 23.7. The lowest BCUT2D eigenvalue weighted by Gasteiger charge is -2.17. The molecule has 2 aromatic heterocycles. The summed E-state index contributed by atoms with van der Waals surface area (Å²) in [5, 5.41) is 4.02. The van der Waals surface area contributed by atoms with Crippen LogP contribution in [0.3, 0.4) is 0 Å². The van der Waals surface area contributed by atoms with Gasteiger partial charge in [-0.3, -0.25) is 4.79 Å². The van der Waals surface area contributed by atoms with Gasteiger partial charge < -0.3 is 19.8 Å². The first-order valence-electron chi connectivity index (χ1n) is 11.0. The van der Waals surface area contributed by atoms with Gasteiger partial charge in [-0.2, -0.15) is 0 Å². The number of carbonyl (C=O) groups excluding carboxylic acids is 1. The van der Waals surface area contributed by atoms with Crippen LogP contribution in [0.25, 0.3) is 22.2 Å². The van der Waals surface area contributed by atoms with Crippen LogP contribution in [-0.2, 0) is 10.2 Å². The molecule has 0 atom stereocenters. The number of H-pyrrole nitrogens is 1. The molecule has 34 heavy (non-hydrogen) atoms. The Morgan fingerprint density at radius 1 is 1.00 bits per heavy atom. The number of halogens is 2. The van der Waals surface area contributed by atoms with Crippen LogP contribution in [-0.4, -0.2) is 22.2 Å². The zero-order valence-corrected chi connectivity index (χ0v) is 18.5. The van der Waals surface area contributed by atoms with Crippen LogP contribution >= 0.6 is 0 Å². The number of hydrogen-bond donors (Lipinski definition) is 2. The lowest BCUT2D eigenvalue weighted by molar-refractivity contribution is -0.286. The highest BCUT2D eigenvalue weighted by Crippen LogP contribution is 2.52. The van der Waals surface area contributed by atoms with Gasteiger partial charge in [0.15, 0.2) is 11.5 Å². The number of alkyl halides is 2. The van der Waals surface area contributed by atoms with E-state index in [0.717, 1.165) is 33.4 Å². The van der Waals surface area contributed by atoms with Crippen molar-refractivity contribution in [3.63, 3.8) is 0 Å². The minimum Gasteiger partial charge on any atom is -0.395 e. The molecule has 1 fully saturated rings. The van der Waals surface area contributed by atoms with E-state index in [1.54, 1.807) is 12.1 Å². The van der Waals surface area contributed by atoms with Crippen LogP contribution in [0.5, 0.6) is 11.5 Å². The van der Waals surface area contributed by atoms with Gasteiger partial charge in [0, 0.05) is 22.2 Å². The highest BCUT2D eigenvalue weighted by atomic mass is 19.3. The van der Waals surface area contributed by atoms with E-state index in [0.29, 0.717) is 24.2 Å². The molecule has 1 amide bonds. The molecule has 0 bridgehead atoms. The number of carbonyl (C=O) groups is 1. The van der Waals surface area contributed by atoms with E-state index < -0.39 is 11.7 Å². The maximum absolute atomic E-state index is 13.4. The first-order chi connectivity index (χ1) is 16.2. The van der Waals surface area contributed by atoms with Gasteiger partial charge in [-0.05, 0) is 74.2 Å². The van der Waals surface area contributed by atoms with Gasteiger partial charge in [0.25, 0.3) is 0 Å². The number of aromatic nitrogens is 2. The molecule has 0 unspecified atom stereocenters. The number of ether oxygens (including phenoxy) is 2. The third kappa shape index (κ3) is 3.37. The molecule has 0 saturated heterocycles. The predicted octanol–water partition coefficient (Wildman–Crippen LogP) is 5.84. The fraction of sp³-hybridized carbons (Fsp3) is 0.231. The maximum Gasteiger partial charge on any atom is 0.586 e. The van der Waals surface area contributed by atoms with Gasteiger partial charge in [0.2, 0.25) is 5.91 Å². The summed E-state index contributed by atoms with van der Waals surface area (Å²) in [6, 6.07) is 16.4. The highest BCUT2D eigenvalue weighted by Gasteiger charge is 2.53. The standard InChI is InChI=1S/C26H21F2N3O3/c1-14-3-8-22(30-23(14)16-4-6-19-17(12-16)11-15(2)29-19)31-24(32)25(9-10-25)18-5-7-20-21(13-18)34-26(27,28)33-20/h3-8,11-13,29H,9-10H2,1-2H3,(H,30,31,32). The normalized spacial score (nSPS) is 17.1. The summed E-state index contributed by atoms with van der Waals surface area (Å²) in [4.78, 5) is 21.3. The first kappa shape index (κ1) is 20.7. The molecule has 172 valence electrons. The summed E-state index contributed by atoms with van der Waals surface area (Å²) in [7, 11) is 0. The van der Waals surface area contributed by atoms with E-state index in [1.807, 2.05) is 32.0 Å². The van der Waals surface area contributed by atoms with Gasteiger partial charge in [-0.1, -0.05) is 18.2 Å². The third-order valence-corrected chi connectivity index (χ3v) is 6.51. The molecule has 8 heteroatoms. The van der Waals surface area contributed by atoms with E-state index in [-0.39, 0.29) is 17.4 Å². The fourth-order valence-electron chi connectivity index (χ4n) is 4.57. The van der Waals surface area contributed by atoms with E-state index in [9.17, 15) is 13.6 Å². The largest absolute Gasteiger partial charge is 0.586 e. The van der Waals surface area contributed by atoms with Crippen molar-refractivity contribution in [2.45, 2.75) is 38.4 Å². The second-order valence-electron chi connectivity index (χ2n) is 8.98. The first-order valence-corrected chi connectivity index (χ1v) is 11.0. The second kappa shape index (κ2) is 7.03. The molecule has 6 rings (SSSR count). The quantitative estimate of drug-likeness (QED) is 0.400. The van der Waals surface area contributed by atoms with Crippen LogP contribution in [0.15, 0.2) is 54.6 Å². The Bertz CT molecular complexity index is 1470. The molecule has 1 aliphatic carbocycles. The Kier molecular flexibility index (Phi) is 4.27. The number of rotatable bonds is 4. The minimum atomic E-state index is -3.69. The van der Waals surface area contributed by atoms with Crippen LogP contribution in [0.1, 0.15) is 29.7 Å². The number of aromatic amines is 1. The topological polar surface area (TPSA) is 76.2 Å². The Hall–Kier alpha value is -3.94. The molecule has 3 heterocycles. The van der Waals surface area contributed by atoms with Crippen LogP contribution in [0.4, 0.5) is 14.6 Å². The van der Waals surface area contributed by atoms with E-state index in [4.69, 9.17) is 4.98 Å². The smallest absolute Gasteiger partial charge is 0.395 e. The molecular formula is C26H21F2N3O3. The summed E-state index contributed by atoms with van der Waals surface area (Å²) in [6.07, 6.45) is -2.47. The Morgan fingerprint density at radius 2 is 1.79 bits per heavy atom. The predicted molar refractivity (Wildman–Crippen MR) is 123 cm³/mol. The van der Waals surface area contributed by atoms with E-state index >= 15 is 0 Å². The second-order valence-corrected chi connectivity index (χ2v) is 8.98. The summed E-state index contributed by atoms with van der Waals surface area (Å²) < 4.78 is 35.8. The average Bonchev–Trinajstić information content (AvgIpc) is 3.42. The molecule has 0 spiro atoms. The molecule has 6 nitrogen and oxygen atoms in total. The molecular weight excluding hydrogens is 440 g/mol. The SMILES string of the molecule is Cc1cc2cc(-c3nc(NC(=O)C4(c5ccc6c(c5)OC(F)(F)O6)CC4)ccc3C)ccc2[nH]1. The lowest BCUT2D eigenvalue weighted by atomic mass is 9.94. The van der Waals surface area contributed by atoms with Crippen molar-refractivity contribution >= 4 is 22.6 Å². The monoisotopic (exact) mass is 461 g/mol. The Balaban J connectivity index is 1.28. The number of hydrogen-bond acceptors (Lipinski definition) is 4. The summed E-state index contributed by atoms with van der Waals surface area (Å²) in [6.45, 7) is 3.99. The van der Waals surface area contributed by atoms with Gasteiger partial charge in [0.05, 0.1) is 11.1 Å². The summed E-state index contributed by atoms with van der Waals surface area (Å²) >= 11 is 0. The Labute approximate surface area is 193 Å². The zero-order valence-electron chi connectivity index (χ0n) is 18.5. The van der Waals surface area contributed by atoms with Gasteiger partial charge in [0.1, 0.15) is 5.82 Å². The molecule has 2 aliphatic rings. The van der Waals surface area contributed by atoms with E-state index in [1.165, 1.54) is 12.1 Å². The third-order valence-electron chi connectivity index (χ3n) is 6.51. The van der Waals surface area contributed by atoms with Crippen LogP contribution < -0.4 is 14.8 Å². The molecule has 1 aliphatic heterocycles. The van der Waals surface area contributed by atoms with E-state index in [2.05, 4.69) is 31.9 Å². The number of benzene rings is 2. The van der Waals surface area contributed by atoms with Gasteiger partial charge >= 0.3 is 6.29 Å². The molecule has 2 aromatic carbocycles. The van der Waals surface area contributed by atoms with Crippen molar-refractivity contribution in [1.82, 2.24) is 9.97 Å². The number of nitrogens with one attached hydrogen (secondary N) is 2. The molecule has 1 saturated carbocycles. The number of nitrogens with zero attached hydrogens (tertiary/aromatic N) is 1. The van der Waals surface area contributed by atoms with Crippen molar-refractivity contribution in [2.75, 3.05) is 5.32 Å². The summed E-state index contributed by atoms with van der Waals surface area (Å²) in [5.74, 6) is 0.115. The maximum atomic E-state index is 13.4. The minimum absolute atomic E-state index is 0.0376. The van der Waals surface area contributed by atoms with Crippen molar-refractivity contribution in [1.29, 1.82) is 0 Å². The molecule has 0 radical (unpaired) electrons. The van der Waals surface area contributed by atoms with Crippen LogP contribution in [0, 0.1) is 13.8 Å². The van der Waals surface area contributed by atoms with Crippen molar-refractivity contribution in [3.8, 4) is 22.8 Å². The number of pyridine rings is 1. The van der Waals surface area contributed by atoms with Crippen LogP contribution in [0.2, 0.25) is 0 Å². The number of fused-ring (bicyclic) bond motifs is 2. The molecule has 2 N–H and O–H groups in total. The number of anilines is 1. The average molecular weight is 461 g/mol. The number of aryl methyl sites for hydroxylation is 2. The Morgan fingerprint density at radius 3 is 2.59 bits per heavy atom. The van der Waals surface area contributed by atoms with Gasteiger partial charge in [-0.25, -0.2) is 4.98 Å². The van der Waals surface area contributed by atoms with Crippen molar-refractivity contribution < 1.29 is 23.0 Å².